The largest absolute Gasteiger partial charge is 0.368 e. The molecular weight excluding hydrogens is 239 g/mol. The zero-order valence-electron chi connectivity index (χ0n) is 11.7. The van der Waals surface area contributed by atoms with E-state index in [1.807, 2.05) is 6.07 Å². The molecule has 3 heteroatoms. The first-order valence-electron chi connectivity index (χ1n) is 7.53. The number of hydrogen-bond acceptors (Lipinski definition) is 2. The minimum atomic E-state index is -0.0663. The molecule has 1 unspecified atom stereocenters. The number of hydrogen-bond donors (Lipinski definition) is 1. The molecule has 19 heavy (non-hydrogen) atoms. The summed E-state index contributed by atoms with van der Waals surface area (Å²) < 4.78 is 14.1. The maximum atomic E-state index is 14.1. The number of piperidine rings is 1. The number of halogens is 1. The lowest BCUT2D eigenvalue weighted by atomic mass is 10.0. The highest BCUT2D eigenvalue weighted by molar-refractivity contribution is 5.55. The first-order chi connectivity index (χ1) is 9.25. The second kappa shape index (κ2) is 5.49. The molecule has 1 atom stereocenters. The molecule has 1 heterocycles. The predicted octanol–water partition coefficient (Wildman–Crippen LogP) is 3.46. The molecule has 2 fully saturated rings. The minimum Gasteiger partial charge on any atom is -0.368 e. The van der Waals surface area contributed by atoms with Crippen molar-refractivity contribution < 1.29 is 4.39 Å². The third kappa shape index (κ3) is 2.92. The van der Waals surface area contributed by atoms with Crippen molar-refractivity contribution in [3.8, 4) is 0 Å². The first kappa shape index (κ1) is 12.9. The maximum absolute atomic E-state index is 14.1. The van der Waals surface area contributed by atoms with E-state index in [1.165, 1.54) is 32.1 Å². The summed E-state index contributed by atoms with van der Waals surface area (Å²) in [6.45, 7) is 3.97. The summed E-state index contributed by atoms with van der Waals surface area (Å²) in [6, 6.07) is 6.64. The van der Waals surface area contributed by atoms with Crippen molar-refractivity contribution in [3.63, 3.8) is 0 Å². The Balaban J connectivity index is 1.83. The summed E-state index contributed by atoms with van der Waals surface area (Å²) in [5, 5.41) is 3.44. The van der Waals surface area contributed by atoms with Crippen LogP contribution in [-0.2, 0) is 6.54 Å². The molecule has 0 aromatic heterocycles. The lowest BCUT2D eigenvalue weighted by molar-refractivity contribution is 0.480. The van der Waals surface area contributed by atoms with Crippen LogP contribution in [0.3, 0.4) is 0 Å². The van der Waals surface area contributed by atoms with Crippen molar-refractivity contribution in [2.75, 3.05) is 11.4 Å². The van der Waals surface area contributed by atoms with Gasteiger partial charge in [0.25, 0.3) is 0 Å². The normalized spacial score (nSPS) is 23.7. The number of nitrogens with zero attached hydrogens (tertiary/aromatic N) is 1. The summed E-state index contributed by atoms with van der Waals surface area (Å²) in [4.78, 5) is 2.39. The zero-order valence-corrected chi connectivity index (χ0v) is 11.7. The van der Waals surface area contributed by atoms with Gasteiger partial charge in [0.1, 0.15) is 5.82 Å². The molecule has 1 saturated carbocycles. The highest BCUT2D eigenvalue weighted by Gasteiger charge is 2.24. The van der Waals surface area contributed by atoms with Gasteiger partial charge in [0.05, 0.1) is 0 Å². The summed E-state index contributed by atoms with van der Waals surface area (Å²) in [5.41, 5.74) is 1.95. The Kier molecular flexibility index (Phi) is 3.74. The van der Waals surface area contributed by atoms with Gasteiger partial charge in [-0.05, 0) is 51.2 Å². The van der Waals surface area contributed by atoms with Crippen molar-refractivity contribution in [3.05, 3.63) is 29.6 Å². The second-order valence-electron chi connectivity index (χ2n) is 5.93. The molecule has 2 aliphatic rings. The summed E-state index contributed by atoms with van der Waals surface area (Å²) >= 11 is 0. The van der Waals surface area contributed by atoms with E-state index in [1.54, 1.807) is 6.07 Å². The predicted molar refractivity (Wildman–Crippen MR) is 76.9 cm³/mol. The molecular formula is C16H23FN2. The molecule has 0 spiro atoms. The third-order valence-electron chi connectivity index (χ3n) is 4.35. The highest BCUT2D eigenvalue weighted by Crippen LogP contribution is 2.30. The van der Waals surface area contributed by atoms with Crippen LogP contribution in [0.4, 0.5) is 10.1 Å². The van der Waals surface area contributed by atoms with E-state index in [0.29, 0.717) is 18.6 Å². The fourth-order valence-electron chi connectivity index (χ4n) is 2.98. The smallest absolute Gasteiger partial charge is 0.129 e. The number of rotatable bonds is 4. The molecule has 1 aliphatic carbocycles. The van der Waals surface area contributed by atoms with Crippen molar-refractivity contribution in [2.45, 2.75) is 57.7 Å². The highest BCUT2D eigenvalue weighted by atomic mass is 19.1. The maximum Gasteiger partial charge on any atom is 0.129 e. The van der Waals surface area contributed by atoms with Gasteiger partial charge >= 0.3 is 0 Å². The van der Waals surface area contributed by atoms with Gasteiger partial charge in [-0.3, -0.25) is 0 Å². The second-order valence-corrected chi connectivity index (χ2v) is 5.93. The average Bonchev–Trinajstić information content (AvgIpc) is 3.22. The van der Waals surface area contributed by atoms with Gasteiger partial charge in [-0.2, -0.15) is 0 Å². The topological polar surface area (TPSA) is 15.3 Å². The minimum absolute atomic E-state index is 0.0663. The number of nitrogens with one attached hydrogen (secondary N) is 1. The van der Waals surface area contributed by atoms with E-state index >= 15 is 0 Å². The van der Waals surface area contributed by atoms with Crippen molar-refractivity contribution >= 4 is 5.69 Å². The Morgan fingerprint density at radius 2 is 2.11 bits per heavy atom. The number of anilines is 1. The lowest BCUT2D eigenvalue weighted by Gasteiger charge is -2.36. The van der Waals surface area contributed by atoms with Gasteiger partial charge in [-0.15, -0.1) is 0 Å². The molecule has 0 amide bonds. The van der Waals surface area contributed by atoms with Gasteiger partial charge in [0.15, 0.2) is 0 Å². The van der Waals surface area contributed by atoms with Gasteiger partial charge in [-0.25, -0.2) is 4.39 Å². The third-order valence-corrected chi connectivity index (χ3v) is 4.35. The average molecular weight is 262 g/mol. The van der Waals surface area contributed by atoms with Crippen molar-refractivity contribution in [1.82, 2.24) is 5.32 Å². The number of benzene rings is 1. The Hall–Kier alpha value is -1.09. The van der Waals surface area contributed by atoms with Crippen molar-refractivity contribution in [2.24, 2.45) is 0 Å². The molecule has 0 radical (unpaired) electrons. The Morgan fingerprint density at radius 1 is 1.26 bits per heavy atom. The molecule has 1 aromatic carbocycles. The van der Waals surface area contributed by atoms with Crippen LogP contribution in [0.25, 0.3) is 0 Å². The van der Waals surface area contributed by atoms with Crippen LogP contribution < -0.4 is 10.2 Å². The molecule has 1 aromatic rings. The van der Waals surface area contributed by atoms with Crippen molar-refractivity contribution in [1.29, 1.82) is 0 Å². The standard InChI is InChI=1S/C16H23FN2/c1-12-5-2-3-10-19(12)16-7-4-6-15(17)14(16)11-18-13-8-9-13/h4,6-7,12-13,18H,2-3,5,8-11H2,1H3. The fourth-order valence-corrected chi connectivity index (χ4v) is 2.98. The lowest BCUT2D eigenvalue weighted by Crippen LogP contribution is -2.38. The van der Waals surface area contributed by atoms with E-state index in [4.69, 9.17) is 0 Å². The van der Waals surface area contributed by atoms with Crippen LogP contribution in [0.15, 0.2) is 18.2 Å². The van der Waals surface area contributed by atoms with Crippen LogP contribution in [0.2, 0.25) is 0 Å². The van der Waals surface area contributed by atoms with E-state index in [-0.39, 0.29) is 5.82 Å². The Labute approximate surface area is 115 Å². The van der Waals surface area contributed by atoms with Crippen LogP contribution in [0.5, 0.6) is 0 Å². The summed E-state index contributed by atoms with van der Waals surface area (Å²) in [7, 11) is 0. The molecule has 2 nitrogen and oxygen atoms in total. The van der Waals surface area contributed by atoms with Crippen LogP contribution >= 0.6 is 0 Å². The quantitative estimate of drug-likeness (QED) is 0.894. The monoisotopic (exact) mass is 262 g/mol. The molecule has 3 rings (SSSR count). The van der Waals surface area contributed by atoms with Gasteiger partial charge < -0.3 is 10.2 Å². The molecule has 1 aliphatic heterocycles. The molecule has 104 valence electrons. The van der Waals surface area contributed by atoms with Gasteiger partial charge in [0, 0.05) is 36.4 Å². The van der Waals surface area contributed by atoms with Crippen LogP contribution in [0.1, 0.15) is 44.6 Å². The van der Waals surface area contributed by atoms with Gasteiger partial charge in [-0.1, -0.05) is 6.07 Å². The van der Waals surface area contributed by atoms with Crippen LogP contribution in [-0.4, -0.2) is 18.6 Å². The van der Waals surface area contributed by atoms with E-state index < -0.39 is 0 Å². The molecule has 1 saturated heterocycles. The zero-order chi connectivity index (χ0) is 13.2. The van der Waals surface area contributed by atoms with Gasteiger partial charge in [0.2, 0.25) is 0 Å². The van der Waals surface area contributed by atoms with E-state index in [0.717, 1.165) is 17.8 Å². The van der Waals surface area contributed by atoms with E-state index in [2.05, 4.69) is 23.2 Å². The Bertz CT molecular complexity index is 442. The first-order valence-corrected chi connectivity index (χ1v) is 7.53. The molecule has 1 N–H and O–H groups in total. The molecule has 0 bridgehead atoms. The fraction of sp³-hybridized carbons (Fsp3) is 0.625. The summed E-state index contributed by atoms with van der Waals surface area (Å²) in [5.74, 6) is -0.0663. The summed E-state index contributed by atoms with van der Waals surface area (Å²) in [6.07, 6.45) is 6.21. The van der Waals surface area contributed by atoms with E-state index in [9.17, 15) is 4.39 Å². The SMILES string of the molecule is CC1CCCCN1c1cccc(F)c1CNC1CC1. The Morgan fingerprint density at radius 3 is 2.84 bits per heavy atom. The van der Waals surface area contributed by atoms with Crippen LogP contribution in [0, 0.1) is 5.82 Å².